The average Bonchev–Trinajstić information content (AvgIpc) is 3.95. The van der Waals surface area contributed by atoms with Crippen LogP contribution in [0.3, 0.4) is 0 Å². The molecule has 0 N–H and O–H groups in total. The van der Waals surface area contributed by atoms with Crippen LogP contribution in [0.4, 0.5) is 4.20 Å². The summed E-state index contributed by atoms with van der Waals surface area (Å²) in [6, 6.07) is 0. The lowest BCUT2D eigenvalue weighted by Gasteiger charge is -2.38. The molecule has 0 bridgehead atoms. The van der Waals surface area contributed by atoms with Crippen molar-refractivity contribution in [3.05, 3.63) is 0 Å². The Bertz CT molecular complexity index is 888. The molecule has 300 valence electrons. The van der Waals surface area contributed by atoms with Gasteiger partial charge in [-0.25, -0.2) is 4.20 Å². The van der Waals surface area contributed by atoms with Crippen molar-refractivity contribution in [1.29, 1.82) is 0 Å². The van der Waals surface area contributed by atoms with E-state index in [1.54, 1.807) is 0 Å². The van der Waals surface area contributed by atoms with Gasteiger partial charge in [0, 0.05) is 78.5 Å². The molecule has 0 atom stereocenters. The molecule has 7 aliphatic rings. The van der Waals surface area contributed by atoms with E-state index < -0.39 is 53.0 Å². The molecule has 0 amide bonds. The van der Waals surface area contributed by atoms with Gasteiger partial charge >= 0.3 is 0 Å². The monoisotopic (exact) mass is 1030 g/mol. The molecule has 9 nitrogen and oxygen atoms in total. The molecule has 0 unspecified atom stereocenters. The fourth-order valence-electron chi connectivity index (χ4n) is 7.86. The molecular weight excluding hydrogens is 977 g/mol. The maximum Gasteiger partial charge on any atom is 0.299 e. The third kappa shape index (κ3) is 12.7. The quantitative estimate of drug-likeness (QED) is 0.191. The number of hydrogen-bond acceptors (Lipinski definition) is 9. The van der Waals surface area contributed by atoms with Crippen LogP contribution in [0.5, 0.6) is 0 Å². The molecule has 7 fully saturated rings. The Morgan fingerprint density at radius 3 is 0.608 bits per heavy atom. The van der Waals surface area contributed by atoms with Gasteiger partial charge in [0.15, 0.2) is 0 Å². The Balaban J connectivity index is 0.000000163. The van der Waals surface area contributed by atoms with E-state index in [9.17, 15) is 4.20 Å². The normalized spacial score (nSPS) is 33.9. The second kappa shape index (κ2) is 22.1. The molecule has 1 saturated carbocycles. The number of hydrogen-bond donors (Lipinski definition) is 0. The molecule has 6 saturated heterocycles. The van der Waals surface area contributed by atoms with Crippen LogP contribution in [0.2, 0.25) is 0 Å². The third-order valence-corrected chi connectivity index (χ3v) is 29.3. The first kappa shape index (κ1) is 47.1. The van der Waals surface area contributed by atoms with Gasteiger partial charge in [0.1, 0.15) is 7.91 Å². The molecule has 6 heterocycles. The largest absolute Gasteiger partial charge is 0.786 e. The summed E-state index contributed by atoms with van der Waals surface area (Å²) in [6.45, 7) is 15.7. The summed E-state index contributed by atoms with van der Waals surface area (Å²) in [5.74, 6) is 0. The van der Waals surface area contributed by atoms with Crippen molar-refractivity contribution in [1.82, 2.24) is 28.0 Å². The predicted molar refractivity (Wildman–Crippen MR) is 223 cm³/mol. The topological polar surface area (TPSA) is 82.6 Å². The lowest BCUT2D eigenvalue weighted by atomic mass is 9.97. The first-order chi connectivity index (χ1) is 24.1. The second-order valence-electron chi connectivity index (χ2n) is 14.1. The van der Waals surface area contributed by atoms with Crippen LogP contribution in [0, 0.1) is 0 Å². The van der Waals surface area contributed by atoms with Crippen LogP contribution >= 0.6 is 121 Å². The smallest absolute Gasteiger partial charge is 0.299 e. The fraction of sp³-hybridized carbons (Fsp3) is 1.00. The lowest BCUT2D eigenvalue weighted by molar-refractivity contribution is -0.328. The van der Waals surface area contributed by atoms with Crippen molar-refractivity contribution in [2.45, 2.75) is 109 Å². The Morgan fingerprint density at radius 2 is 0.510 bits per heavy atom. The van der Waals surface area contributed by atoms with Gasteiger partial charge in [-0.05, 0) is 77.0 Å². The van der Waals surface area contributed by atoms with E-state index in [1.807, 2.05) is 0 Å². The molecule has 0 aromatic heterocycles. The van der Waals surface area contributed by atoms with Crippen molar-refractivity contribution < 1.29 is 18.5 Å². The van der Waals surface area contributed by atoms with E-state index in [2.05, 4.69) is 59.0 Å². The SMILES string of the molecule is Br[P+](N1CCCC1)(N1CCCC1)N1CCCC1.Br[P+](N1CCCC1)(N1CCCC1)N1CCCC1.ClC1C(Cl)C(Cl)C(Cl)C(Cl)C1Cl.O=P([O-])([O-])F. The molecule has 0 spiro atoms. The molecular formula is C30H54Br2Cl6FN6O3P3. The van der Waals surface area contributed by atoms with E-state index in [4.69, 9.17) is 84.0 Å². The van der Waals surface area contributed by atoms with Gasteiger partial charge in [0.05, 0.1) is 32.3 Å². The number of rotatable bonds is 6. The highest BCUT2D eigenvalue weighted by atomic mass is 79.9. The number of nitrogens with zero attached hydrogens (tertiary/aromatic N) is 6. The molecule has 1 aliphatic carbocycles. The first-order valence-corrected chi connectivity index (χ1v) is 29.7. The fourth-order valence-corrected chi connectivity index (χ4v) is 22.8. The summed E-state index contributed by atoms with van der Waals surface area (Å²) < 4.78 is 35.3. The highest BCUT2D eigenvalue weighted by molar-refractivity contribution is 9.41. The average molecular weight is 1030 g/mol. The third-order valence-electron chi connectivity index (χ3n) is 10.5. The first-order valence-electron chi connectivity index (χ1n) is 18.4. The standard InChI is InChI=1S/2C12H24BrN3P.C6H6Cl6.FH2O3P/c2*13-17(14-7-1-2-8-14,15-9-3-4-10-15)16-11-5-6-12-16;7-1-2(8)4(10)6(12)5(11)3(1)9;1-5(2,3)4/h2*1-12H2;1-6H;(H2,2,3,4)/q2*+1;;/p-2. The van der Waals surface area contributed by atoms with Gasteiger partial charge in [0.2, 0.25) is 31.0 Å². The number of halogens is 9. The summed E-state index contributed by atoms with van der Waals surface area (Å²) >= 11 is 43.8. The zero-order chi connectivity index (χ0) is 37.4. The number of alkyl halides is 6. The Morgan fingerprint density at radius 1 is 0.412 bits per heavy atom. The zero-order valence-electron chi connectivity index (χ0n) is 29.1. The van der Waals surface area contributed by atoms with Crippen LogP contribution < -0.4 is 9.79 Å². The van der Waals surface area contributed by atoms with E-state index >= 15 is 0 Å². The van der Waals surface area contributed by atoms with Crippen molar-refractivity contribution in [2.24, 2.45) is 0 Å². The molecule has 21 heteroatoms. The minimum atomic E-state index is -5.64. The van der Waals surface area contributed by atoms with Gasteiger partial charge in [-0.2, -0.15) is 0 Å². The summed E-state index contributed by atoms with van der Waals surface area (Å²) in [6.07, 6.45) is 14.2. The van der Waals surface area contributed by atoms with E-state index in [-0.39, 0.29) is 0 Å². The Kier molecular flexibility index (Phi) is 20.4. The van der Waals surface area contributed by atoms with Gasteiger partial charge in [-0.3, -0.25) is 0 Å². The summed E-state index contributed by atoms with van der Waals surface area (Å²) in [5, 5.41) is -2.62. The van der Waals surface area contributed by atoms with Crippen molar-refractivity contribution in [2.75, 3.05) is 78.5 Å². The van der Waals surface area contributed by atoms with Crippen LogP contribution in [0.25, 0.3) is 0 Å². The van der Waals surface area contributed by atoms with Crippen molar-refractivity contribution in [3.63, 3.8) is 0 Å². The maximum atomic E-state index is 10.1. The van der Waals surface area contributed by atoms with Gasteiger partial charge in [0.25, 0.3) is 12.8 Å². The highest BCUT2D eigenvalue weighted by Gasteiger charge is 2.58. The molecule has 0 aromatic rings. The molecule has 51 heavy (non-hydrogen) atoms. The van der Waals surface area contributed by atoms with E-state index in [0.29, 0.717) is 0 Å². The Labute approximate surface area is 352 Å². The molecule has 6 aliphatic heterocycles. The summed E-state index contributed by atoms with van der Waals surface area (Å²) in [7, 11) is -5.64. The van der Waals surface area contributed by atoms with Crippen molar-refractivity contribution in [3.8, 4) is 0 Å². The van der Waals surface area contributed by atoms with Gasteiger partial charge in [-0.15, -0.1) is 97.6 Å². The van der Waals surface area contributed by atoms with E-state index in [1.165, 1.54) is 156 Å². The minimum Gasteiger partial charge on any atom is -0.786 e. The van der Waals surface area contributed by atoms with E-state index in [0.717, 1.165) is 0 Å². The zero-order valence-corrected chi connectivity index (χ0v) is 39.5. The lowest BCUT2D eigenvalue weighted by Crippen LogP contribution is -2.52. The minimum absolute atomic E-state index is 0.437. The molecule has 7 rings (SSSR count). The van der Waals surface area contributed by atoms with Crippen LogP contribution in [0.15, 0.2) is 0 Å². The summed E-state index contributed by atoms with van der Waals surface area (Å²) in [4.78, 5) is 16.9. The summed E-state index contributed by atoms with van der Waals surface area (Å²) in [5.41, 5.74) is 0. The Hall–Kier alpha value is 3.40. The molecule has 0 radical (unpaired) electrons. The molecule has 0 aromatic carbocycles. The van der Waals surface area contributed by atoms with Crippen LogP contribution in [-0.2, 0) is 4.57 Å². The van der Waals surface area contributed by atoms with Crippen molar-refractivity contribution >= 4 is 121 Å². The van der Waals surface area contributed by atoms with Crippen LogP contribution in [-0.4, -0.2) is 139 Å². The predicted octanol–water partition coefficient (Wildman–Crippen LogP) is 9.12. The van der Waals surface area contributed by atoms with Gasteiger partial charge < -0.3 is 14.4 Å². The van der Waals surface area contributed by atoms with Gasteiger partial charge in [-0.1, -0.05) is 0 Å². The maximum absolute atomic E-state index is 10.1. The van der Waals surface area contributed by atoms with Crippen LogP contribution in [0.1, 0.15) is 77.0 Å². The second-order valence-corrected chi connectivity index (χ2v) is 29.0. The highest BCUT2D eigenvalue weighted by Crippen LogP contribution is 2.77.